The van der Waals surface area contributed by atoms with Crippen LogP contribution >= 0.6 is 0 Å². The largest absolute Gasteiger partial charge is 0.496 e. The Bertz CT molecular complexity index is 506. The first-order valence-electron chi connectivity index (χ1n) is 4.93. The number of primary sulfonamides is 1. The molecule has 0 fully saturated rings. The summed E-state index contributed by atoms with van der Waals surface area (Å²) in [5.41, 5.74) is 0.0541. The number of hydrogen-bond acceptors (Lipinski definition) is 6. The number of rotatable bonds is 4. The van der Waals surface area contributed by atoms with E-state index < -0.39 is 20.9 Å². The van der Waals surface area contributed by atoms with Gasteiger partial charge >= 0.3 is 5.97 Å². The van der Waals surface area contributed by atoms with Gasteiger partial charge < -0.3 is 14.2 Å². The highest BCUT2D eigenvalue weighted by atomic mass is 32.2. The zero-order valence-electron chi connectivity index (χ0n) is 10.3. The van der Waals surface area contributed by atoms with Gasteiger partial charge in [0.2, 0.25) is 15.0 Å². The first-order valence-corrected chi connectivity index (χ1v) is 6.48. The van der Waals surface area contributed by atoms with Crippen LogP contribution in [0.1, 0.15) is 6.42 Å². The lowest BCUT2D eigenvalue weighted by atomic mass is 10.0. The van der Waals surface area contributed by atoms with E-state index in [-0.39, 0.29) is 17.8 Å². The van der Waals surface area contributed by atoms with Gasteiger partial charge in [-0.25, -0.2) is 18.4 Å². The summed E-state index contributed by atoms with van der Waals surface area (Å²) in [4.78, 5) is 9.80. The van der Waals surface area contributed by atoms with Crippen LogP contribution in [0.2, 0.25) is 0 Å². The molecule has 0 saturated carbocycles. The fourth-order valence-corrected chi connectivity index (χ4v) is 2.47. The van der Waals surface area contributed by atoms with E-state index in [1.807, 2.05) is 0 Å². The smallest absolute Gasteiger partial charge is 0.337 e. The number of carbonyl (C=O) groups is 1. The molecule has 2 N–H and O–H groups in total. The van der Waals surface area contributed by atoms with Crippen molar-refractivity contribution in [3.8, 4) is 0 Å². The van der Waals surface area contributed by atoms with Crippen LogP contribution in [0.4, 0.5) is 0 Å². The van der Waals surface area contributed by atoms with Crippen molar-refractivity contribution in [2.24, 2.45) is 5.14 Å². The van der Waals surface area contributed by atoms with Gasteiger partial charge in [0.15, 0.2) is 0 Å². The van der Waals surface area contributed by atoms with Crippen LogP contribution < -0.4 is 5.14 Å². The number of methoxy groups -OCH3 is 3. The molecular formula is C10H15NO6S. The number of nitrogens with two attached hydrogens (primary N) is 1. The lowest BCUT2D eigenvalue weighted by Gasteiger charge is -2.30. The maximum Gasteiger partial charge on any atom is 0.337 e. The lowest BCUT2D eigenvalue weighted by Crippen LogP contribution is -2.45. The summed E-state index contributed by atoms with van der Waals surface area (Å²) in [5, 5.41) is 5.13. The lowest BCUT2D eigenvalue weighted by molar-refractivity contribution is -0.136. The summed E-state index contributed by atoms with van der Waals surface area (Å²) in [5.74, 6) is -0.473. The summed E-state index contributed by atoms with van der Waals surface area (Å²) in [6, 6.07) is 0. The van der Waals surface area contributed by atoms with Crippen molar-refractivity contribution in [1.29, 1.82) is 0 Å². The molecule has 1 rings (SSSR count). The topological polar surface area (TPSA) is 105 Å². The molecule has 1 aliphatic carbocycles. The molecular weight excluding hydrogens is 262 g/mol. The molecule has 0 aromatic heterocycles. The highest BCUT2D eigenvalue weighted by molar-refractivity contribution is 7.90. The predicted octanol–water partition coefficient (Wildman–Crippen LogP) is -0.349. The van der Waals surface area contributed by atoms with Crippen molar-refractivity contribution in [3.63, 3.8) is 0 Å². The Balaban J connectivity index is 3.29. The minimum Gasteiger partial charge on any atom is -0.496 e. The average molecular weight is 277 g/mol. The van der Waals surface area contributed by atoms with Crippen molar-refractivity contribution in [2.75, 3.05) is 21.3 Å². The fourth-order valence-electron chi connectivity index (χ4n) is 1.63. The molecule has 1 atom stereocenters. The van der Waals surface area contributed by atoms with Gasteiger partial charge in [-0.2, -0.15) is 0 Å². The highest BCUT2D eigenvalue weighted by Crippen LogP contribution is 2.33. The van der Waals surface area contributed by atoms with E-state index in [4.69, 9.17) is 14.6 Å². The third-order valence-corrected chi connectivity index (χ3v) is 4.10. The first-order chi connectivity index (χ1) is 8.31. The second-order valence-electron chi connectivity index (χ2n) is 3.61. The summed E-state index contributed by atoms with van der Waals surface area (Å²) in [6.45, 7) is 0. The molecule has 7 nitrogen and oxygen atoms in total. The van der Waals surface area contributed by atoms with Crippen molar-refractivity contribution < 1.29 is 27.4 Å². The van der Waals surface area contributed by atoms with Gasteiger partial charge in [0.05, 0.1) is 19.8 Å². The maximum atomic E-state index is 11.6. The Morgan fingerprint density at radius 3 is 2.39 bits per heavy atom. The highest BCUT2D eigenvalue weighted by Gasteiger charge is 2.44. The molecule has 102 valence electrons. The molecule has 0 aromatic rings. The number of sulfonamides is 1. The normalized spacial score (nSPS) is 24.0. The van der Waals surface area contributed by atoms with Crippen molar-refractivity contribution >= 4 is 16.0 Å². The molecule has 0 bridgehead atoms. The molecule has 0 heterocycles. The number of allylic oxidation sites excluding steroid dienone is 1. The monoisotopic (exact) mass is 277 g/mol. The second kappa shape index (κ2) is 5.09. The minimum atomic E-state index is -4.05. The van der Waals surface area contributed by atoms with E-state index in [9.17, 15) is 13.2 Å². The number of esters is 1. The maximum absolute atomic E-state index is 11.6. The standard InChI is InChI=1S/C10H15NO6S/c1-15-8-4-5-10(17-3,18(11,13)14)6-7(8)9(12)16-2/h4-5H,6H2,1-3H3,(H2,11,13,14)/t10-/m1/s1. The first kappa shape index (κ1) is 14.7. The van der Waals surface area contributed by atoms with Crippen LogP contribution in [0.5, 0.6) is 0 Å². The second-order valence-corrected chi connectivity index (χ2v) is 5.39. The SMILES string of the molecule is COC(=O)C1=C(OC)C=C[C@@](OC)(S(N)(=O)=O)C1. The van der Waals surface area contributed by atoms with Crippen LogP contribution in [0.3, 0.4) is 0 Å². The predicted molar refractivity (Wildman–Crippen MR) is 62.7 cm³/mol. The molecule has 0 aromatic carbocycles. The molecule has 1 aliphatic rings. The number of ether oxygens (including phenoxy) is 3. The third-order valence-electron chi connectivity index (χ3n) is 2.69. The zero-order valence-corrected chi connectivity index (χ0v) is 11.1. The van der Waals surface area contributed by atoms with E-state index in [0.717, 1.165) is 0 Å². The fraction of sp³-hybridized carbons (Fsp3) is 0.500. The molecule has 0 unspecified atom stereocenters. The Morgan fingerprint density at radius 2 is 2.00 bits per heavy atom. The quantitative estimate of drug-likeness (QED) is 0.704. The summed E-state index contributed by atoms with van der Waals surface area (Å²) in [6.07, 6.45) is 2.30. The van der Waals surface area contributed by atoms with Crippen molar-refractivity contribution in [2.45, 2.75) is 11.4 Å². The molecule has 0 saturated heterocycles. The van der Waals surface area contributed by atoms with Gasteiger partial charge in [0.1, 0.15) is 5.76 Å². The Kier molecular flexibility index (Phi) is 4.15. The zero-order chi connectivity index (χ0) is 14.0. The molecule has 0 amide bonds. The molecule has 18 heavy (non-hydrogen) atoms. The molecule has 0 aliphatic heterocycles. The van der Waals surface area contributed by atoms with Gasteiger partial charge in [-0.1, -0.05) is 0 Å². The molecule has 0 spiro atoms. The number of carbonyl (C=O) groups excluding carboxylic acids is 1. The average Bonchev–Trinajstić information content (AvgIpc) is 2.35. The Labute approximate surface area is 105 Å². The van der Waals surface area contributed by atoms with Gasteiger partial charge in [-0.05, 0) is 12.2 Å². The van der Waals surface area contributed by atoms with Gasteiger partial charge in [0, 0.05) is 13.5 Å². The Morgan fingerprint density at radius 1 is 1.39 bits per heavy atom. The summed E-state index contributed by atoms with van der Waals surface area (Å²) < 4.78 is 37.7. The van der Waals surface area contributed by atoms with Crippen LogP contribution in [0.15, 0.2) is 23.5 Å². The van der Waals surface area contributed by atoms with Gasteiger partial charge in [-0.15, -0.1) is 0 Å². The molecule has 8 heteroatoms. The van der Waals surface area contributed by atoms with Crippen molar-refractivity contribution in [1.82, 2.24) is 0 Å². The van der Waals surface area contributed by atoms with Crippen LogP contribution in [0.25, 0.3) is 0 Å². The minimum absolute atomic E-state index is 0.0541. The summed E-state index contributed by atoms with van der Waals surface area (Å²) in [7, 11) is -0.307. The number of hydrogen-bond donors (Lipinski definition) is 1. The van der Waals surface area contributed by atoms with Crippen LogP contribution in [0, 0.1) is 0 Å². The van der Waals surface area contributed by atoms with E-state index in [1.54, 1.807) is 0 Å². The van der Waals surface area contributed by atoms with Crippen LogP contribution in [-0.2, 0) is 29.0 Å². The van der Waals surface area contributed by atoms with E-state index >= 15 is 0 Å². The van der Waals surface area contributed by atoms with Crippen molar-refractivity contribution in [3.05, 3.63) is 23.5 Å². The molecule has 0 radical (unpaired) electrons. The van der Waals surface area contributed by atoms with Gasteiger partial charge in [0.25, 0.3) is 0 Å². The third kappa shape index (κ3) is 2.40. The van der Waals surface area contributed by atoms with E-state index in [0.29, 0.717) is 0 Å². The Hall–Kier alpha value is -1.38. The van der Waals surface area contributed by atoms with Gasteiger partial charge in [-0.3, -0.25) is 0 Å². The summed E-state index contributed by atoms with van der Waals surface area (Å²) >= 11 is 0. The van der Waals surface area contributed by atoms with E-state index in [1.165, 1.54) is 33.5 Å². The van der Waals surface area contributed by atoms with E-state index in [2.05, 4.69) is 4.74 Å². The van der Waals surface area contributed by atoms with Crippen LogP contribution in [-0.4, -0.2) is 40.6 Å².